The average Bonchev–Trinajstić information content (AvgIpc) is 2.94. The Morgan fingerprint density at radius 1 is 1.32 bits per heavy atom. The predicted molar refractivity (Wildman–Crippen MR) is 79.3 cm³/mol. The van der Waals surface area contributed by atoms with Crippen molar-refractivity contribution in [2.75, 3.05) is 19.7 Å². The molecule has 0 amide bonds. The van der Waals surface area contributed by atoms with Gasteiger partial charge in [0.1, 0.15) is 0 Å². The molecule has 0 heterocycles. The highest BCUT2D eigenvalue weighted by molar-refractivity contribution is 6.31. The van der Waals surface area contributed by atoms with E-state index in [2.05, 4.69) is 4.90 Å². The second-order valence-electron chi connectivity index (χ2n) is 5.17. The van der Waals surface area contributed by atoms with Crippen molar-refractivity contribution in [3.05, 3.63) is 34.9 Å². The lowest BCUT2D eigenvalue weighted by atomic mass is 10.0. The van der Waals surface area contributed by atoms with Crippen molar-refractivity contribution in [2.24, 2.45) is 5.73 Å². The van der Waals surface area contributed by atoms with Gasteiger partial charge in [0, 0.05) is 30.2 Å². The fraction of sp³-hybridized carbons (Fsp3) is 0.600. The van der Waals surface area contributed by atoms with Crippen LogP contribution in [0.3, 0.4) is 0 Å². The first kappa shape index (κ1) is 14.8. The maximum atomic E-state index is 9.34. The third-order valence-electron chi connectivity index (χ3n) is 4.04. The van der Waals surface area contributed by atoms with Gasteiger partial charge in [0.05, 0.1) is 6.61 Å². The number of aliphatic hydroxyl groups excluding tert-OH is 1. The zero-order chi connectivity index (χ0) is 13.7. The van der Waals surface area contributed by atoms with Gasteiger partial charge in [-0.1, -0.05) is 42.6 Å². The summed E-state index contributed by atoms with van der Waals surface area (Å²) in [6, 6.07) is 8.51. The molecule has 0 saturated heterocycles. The Morgan fingerprint density at radius 3 is 2.58 bits per heavy atom. The summed E-state index contributed by atoms with van der Waals surface area (Å²) in [6.07, 6.45) is 4.93. The molecular formula is C15H23ClN2O. The number of nitrogens with zero attached hydrogens (tertiary/aromatic N) is 1. The van der Waals surface area contributed by atoms with E-state index >= 15 is 0 Å². The van der Waals surface area contributed by atoms with Crippen LogP contribution in [-0.2, 0) is 0 Å². The van der Waals surface area contributed by atoms with Gasteiger partial charge in [-0.15, -0.1) is 0 Å². The molecule has 0 spiro atoms. The average molecular weight is 283 g/mol. The van der Waals surface area contributed by atoms with Crippen LogP contribution in [0.15, 0.2) is 24.3 Å². The molecule has 19 heavy (non-hydrogen) atoms. The van der Waals surface area contributed by atoms with Gasteiger partial charge < -0.3 is 10.8 Å². The molecule has 0 bridgehead atoms. The van der Waals surface area contributed by atoms with Crippen molar-refractivity contribution in [3.63, 3.8) is 0 Å². The van der Waals surface area contributed by atoms with E-state index in [9.17, 15) is 5.11 Å². The minimum absolute atomic E-state index is 0.101. The van der Waals surface area contributed by atoms with E-state index in [1.165, 1.54) is 25.7 Å². The van der Waals surface area contributed by atoms with Crippen LogP contribution in [0.1, 0.15) is 37.3 Å². The number of aliphatic hydroxyl groups is 1. The molecule has 106 valence electrons. The minimum Gasteiger partial charge on any atom is -0.395 e. The van der Waals surface area contributed by atoms with E-state index in [1.807, 2.05) is 24.3 Å². The fourth-order valence-corrected chi connectivity index (χ4v) is 3.39. The van der Waals surface area contributed by atoms with Gasteiger partial charge in [0.15, 0.2) is 0 Å². The lowest BCUT2D eigenvalue weighted by Crippen LogP contribution is -2.42. The van der Waals surface area contributed by atoms with Crippen LogP contribution in [-0.4, -0.2) is 35.7 Å². The number of rotatable bonds is 6. The molecule has 4 heteroatoms. The highest BCUT2D eigenvalue weighted by atomic mass is 35.5. The molecule has 2 rings (SSSR count). The molecule has 1 unspecified atom stereocenters. The summed E-state index contributed by atoms with van der Waals surface area (Å²) in [5.41, 5.74) is 7.07. The first-order valence-corrected chi connectivity index (χ1v) is 7.46. The number of hydrogen-bond donors (Lipinski definition) is 2. The van der Waals surface area contributed by atoms with Crippen LogP contribution in [0, 0.1) is 0 Å². The lowest BCUT2D eigenvalue weighted by Gasteiger charge is -2.36. The third kappa shape index (κ3) is 3.48. The Hall–Kier alpha value is -0.610. The van der Waals surface area contributed by atoms with Crippen LogP contribution in [0.4, 0.5) is 0 Å². The van der Waals surface area contributed by atoms with E-state index in [0.717, 1.165) is 10.6 Å². The second kappa shape index (κ2) is 7.25. The van der Waals surface area contributed by atoms with Crippen LogP contribution < -0.4 is 5.73 Å². The van der Waals surface area contributed by atoms with Crippen molar-refractivity contribution in [1.29, 1.82) is 0 Å². The minimum atomic E-state index is 0.101. The lowest BCUT2D eigenvalue weighted by molar-refractivity contribution is 0.107. The third-order valence-corrected chi connectivity index (χ3v) is 4.38. The first-order chi connectivity index (χ1) is 9.27. The van der Waals surface area contributed by atoms with Crippen molar-refractivity contribution >= 4 is 11.6 Å². The molecule has 1 fully saturated rings. The van der Waals surface area contributed by atoms with Gasteiger partial charge in [-0.2, -0.15) is 0 Å². The summed E-state index contributed by atoms with van der Waals surface area (Å²) in [5.74, 6) is 0. The maximum absolute atomic E-state index is 9.34. The molecular weight excluding hydrogens is 260 g/mol. The first-order valence-electron chi connectivity index (χ1n) is 7.09. The van der Waals surface area contributed by atoms with E-state index < -0.39 is 0 Å². The molecule has 3 N–H and O–H groups in total. The van der Waals surface area contributed by atoms with Gasteiger partial charge in [-0.25, -0.2) is 0 Å². The zero-order valence-electron chi connectivity index (χ0n) is 11.3. The highest BCUT2D eigenvalue weighted by Crippen LogP contribution is 2.33. The maximum Gasteiger partial charge on any atom is 0.0558 e. The Labute approximate surface area is 120 Å². The molecule has 1 aromatic rings. The normalized spacial score (nSPS) is 18.1. The second-order valence-corrected chi connectivity index (χ2v) is 5.58. The molecule has 0 aliphatic heterocycles. The van der Waals surface area contributed by atoms with E-state index in [-0.39, 0.29) is 12.6 Å². The SMILES string of the molecule is NCC(c1ccccc1Cl)N(CCO)C1CCCC1. The van der Waals surface area contributed by atoms with Crippen molar-refractivity contribution in [3.8, 4) is 0 Å². The number of nitrogens with two attached hydrogens (primary N) is 1. The standard InChI is InChI=1S/C15H23ClN2O/c16-14-8-4-3-7-13(14)15(11-17)18(9-10-19)12-5-1-2-6-12/h3-4,7-8,12,15,19H,1-2,5-6,9-11,17H2. The summed E-state index contributed by atoms with van der Waals surface area (Å²) < 4.78 is 0. The van der Waals surface area contributed by atoms with Crippen LogP contribution in [0.5, 0.6) is 0 Å². The Balaban J connectivity index is 2.23. The van der Waals surface area contributed by atoms with Crippen LogP contribution in [0.2, 0.25) is 5.02 Å². The van der Waals surface area contributed by atoms with Crippen LogP contribution >= 0.6 is 11.6 Å². The van der Waals surface area contributed by atoms with Gasteiger partial charge in [0.2, 0.25) is 0 Å². The Kier molecular flexibility index (Phi) is 5.64. The quantitative estimate of drug-likeness (QED) is 0.843. The van der Waals surface area contributed by atoms with Gasteiger partial charge in [-0.3, -0.25) is 4.90 Å². The van der Waals surface area contributed by atoms with Crippen LogP contribution in [0.25, 0.3) is 0 Å². The summed E-state index contributed by atoms with van der Waals surface area (Å²) in [5, 5.41) is 10.1. The monoisotopic (exact) mass is 282 g/mol. The van der Waals surface area contributed by atoms with E-state index in [1.54, 1.807) is 0 Å². The van der Waals surface area contributed by atoms with E-state index in [4.69, 9.17) is 17.3 Å². The molecule has 1 aliphatic carbocycles. The molecule has 0 aromatic heterocycles. The zero-order valence-corrected chi connectivity index (χ0v) is 12.0. The molecule has 1 saturated carbocycles. The van der Waals surface area contributed by atoms with Gasteiger partial charge in [0.25, 0.3) is 0 Å². The largest absolute Gasteiger partial charge is 0.395 e. The highest BCUT2D eigenvalue weighted by Gasteiger charge is 2.29. The van der Waals surface area contributed by atoms with Crippen molar-refractivity contribution < 1.29 is 5.11 Å². The summed E-state index contributed by atoms with van der Waals surface area (Å²) in [4.78, 5) is 2.34. The smallest absolute Gasteiger partial charge is 0.0558 e. The molecule has 3 nitrogen and oxygen atoms in total. The summed E-state index contributed by atoms with van der Waals surface area (Å²) in [7, 11) is 0. The Morgan fingerprint density at radius 2 is 2.00 bits per heavy atom. The number of benzene rings is 1. The van der Waals surface area contributed by atoms with Crippen molar-refractivity contribution in [2.45, 2.75) is 37.8 Å². The predicted octanol–water partition coefficient (Wildman–Crippen LogP) is 2.58. The topological polar surface area (TPSA) is 49.5 Å². The fourth-order valence-electron chi connectivity index (χ4n) is 3.13. The summed E-state index contributed by atoms with van der Waals surface area (Å²) in [6.45, 7) is 1.36. The van der Waals surface area contributed by atoms with Gasteiger partial charge in [-0.05, 0) is 24.5 Å². The molecule has 0 radical (unpaired) electrons. The number of hydrogen-bond acceptors (Lipinski definition) is 3. The molecule has 1 aromatic carbocycles. The number of halogens is 1. The van der Waals surface area contributed by atoms with Crippen molar-refractivity contribution in [1.82, 2.24) is 4.90 Å². The summed E-state index contributed by atoms with van der Waals surface area (Å²) >= 11 is 6.30. The van der Waals surface area contributed by atoms with Gasteiger partial charge >= 0.3 is 0 Å². The Bertz CT molecular complexity index is 393. The molecule has 1 aliphatic rings. The van der Waals surface area contributed by atoms with E-state index in [0.29, 0.717) is 19.1 Å². The molecule has 1 atom stereocenters.